The highest BCUT2D eigenvalue weighted by atomic mass is 16.3. The Labute approximate surface area is 349 Å². The molecule has 0 saturated carbocycles. The molecule has 0 atom stereocenters. The molecule has 11 rings (SSSR count). The predicted molar refractivity (Wildman–Crippen MR) is 253 cm³/mol. The maximum atomic E-state index is 6.58. The molecule has 0 unspecified atom stereocenters. The monoisotopic (exact) mass is 765 g/mol. The first kappa shape index (κ1) is 35.2. The number of benzene rings is 10. The number of para-hydroxylation sites is 1. The topological polar surface area (TPSA) is 16.4 Å². The summed E-state index contributed by atoms with van der Waals surface area (Å²) in [7, 11) is 0. The molecule has 0 radical (unpaired) electrons. The Morgan fingerprint density at radius 3 is 1.53 bits per heavy atom. The number of hydrogen-bond donors (Lipinski definition) is 0. The zero-order chi connectivity index (χ0) is 39.8. The fourth-order valence-corrected chi connectivity index (χ4v) is 8.69. The largest absolute Gasteiger partial charge is 0.455 e. The smallest absolute Gasteiger partial charge is 0.143 e. The molecule has 0 fully saturated rings. The Bertz CT molecular complexity index is 3300. The predicted octanol–water partition coefficient (Wildman–Crippen LogP) is 16.5. The molecule has 0 aliphatic carbocycles. The van der Waals surface area contributed by atoms with Crippen LogP contribution in [0.2, 0.25) is 0 Å². The summed E-state index contributed by atoms with van der Waals surface area (Å²) >= 11 is 0. The van der Waals surface area contributed by atoms with Gasteiger partial charge in [-0.3, -0.25) is 0 Å². The van der Waals surface area contributed by atoms with E-state index >= 15 is 0 Å². The second kappa shape index (κ2) is 15.1. The molecule has 60 heavy (non-hydrogen) atoms. The van der Waals surface area contributed by atoms with Gasteiger partial charge in [-0.2, -0.15) is 0 Å². The molecule has 10 aromatic carbocycles. The Balaban J connectivity index is 0.950. The molecule has 282 valence electrons. The first-order valence-electron chi connectivity index (χ1n) is 20.5. The van der Waals surface area contributed by atoms with Crippen molar-refractivity contribution in [1.29, 1.82) is 0 Å². The van der Waals surface area contributed by atoms with Crippen molar-refractivity contribution in [3.8, 4) is 55.8 Å². The van der Waals surface area contributed by atoms with Crippen molar-refractivity contribution in [1.82, 2.24) is 0 Å². The normalized spacial score (nSPS) is 11.3. The second-order valence-corrected chi connectivity index (χ2v) is 15.3. The average molecular weight is 766 g/mol. The number of nitrogens with zero attached hydrogens (tertiary/aromatic N) is 1. The van der Waals surface area contributed by atoms with Crippen LogP contribution in [0.5, 0.6) is 0 Å². The molecule has 2 nitrogen and oxygen atoms in total. The minimum absolute atomic E-state index is 0.882. The van der Waals surface area contributed by atoms with Crippen LogP contribution < -0.4 is 4.90 Å². The number of anilines is 3. The van der Waals surface area contributed by atoms with Crippen LogP contribution in [-0.4, -0.2) is 0 Å². The van der Waals surface area contributed by atoms with E-state index in [0.717, 1.165) is 61.6 Å². The van der Waals surface area contributed by atoms with Crippen molar-refractivity contribution in [2.24, 2.45) is 0 Å². The third-order valence-electron chi connectivity index (χ3n) is 11.7. The van der Waals surface area contributed by atoms with E-state index in [1.54, 1.807) is 0 Å². The fourth-order valence-electron chi connectivity index (χ4n) is 8.69. The highest BCUT2D eigenvalue weighted by Gasteiger charge is 2.19. The van der Waals surface area contributed by atoms with E-state index < -0.39 is 0 Å². The Kier molecular flexibility index (Phi) is 8.87. The van der Waals surface area contributed by atoms with Gasteiger partial charge in [-0.05, 0) is 115 Å². The molecule has 0 aliphatic heterocycles. The summed E-state index contributed by atoms with van der Waals surface area (Å²) in [6, 6.07) is 84.7. The Hall–Kier alpha value is -7.94. The molecule has 2 heteroatoms. The molecular formula is C58H39NO. The van der Waals surface area contributed by atoms with E-state index in [0.29, 0.717) is 0 Å². The summed E-state index contributed by atoms with van der Waals surface area (Å²) in [4.78, 5) is 2.35. The van der Waals surface area contributed by atoms with Gasteiger partial charge >= 0.3 is 0 Å². The SMILES string of the molecule is c1ccc(-c2c(-c3cccc(-c4ccc(N(c5ccc(-c6cccc(-c7cccc8ccccc78)c6)cc5)c5ccc6ccccc6c5)cc4)c3)oc3ccccc23)cc1. The van der Waals surface area contributed by atoms with Crippen molar-refractivity contribution >= 4 is 49.6 Å². The molecule has 0 N–H and O–H groups in total. The van der Waals surface area contributed by atoms with Gasteiger partial charge in [0, 0.05) is 33.6 Å². The van der Waals surface area contributed by atoms with E-state index in [2.05, 4.69) is 229 Å². The van der Waals surface area contributed by atoms with Crippen LogP contribution in [0.25, 0.3) is 88.3 Å². The first-order valence-corrected chi connectivity index (χ1v) is 20.5. The van der Waals surface area contributed by atoms with Gasteiger partial charge in [-0.1, -0.05) is 182 Å². The van der Waals surface area contributed by atoms with E-state index in [1.807, 2.05) is 12.1 Å². The van der Waals surface area contributed by atoms with E-state index in [-0.39, 0.29) is 0 Å². The third-order valence-corrected chi connectivity index (χ3v) is 11.7. The highest BCUT2D eigenvalue weighted by molar-refractivity contribution is 6.02. The van der Waals surface area contributed by atoms with Crippen LogP contribution in [0.1, 0.15) is 0 Å². The molecule has 0 bridgehead atoms. The van der Waals surface area contributed by atoms with Crippen molar-refractivity contribution in [3.05, 3.63) is 237 Å². The fraction of sp³-hybridized carbons (Fsp3) is 0. The quantitative estimate of drug-likeness (QED) is 0.153. The van der Waals surface area contributed by atoms with Crippen LogP contribution in [-0.2, 0) is 0 Å². The molecule has 0 amide bonds. The van der Waals surface area contributed by atoms with Crippen molar-refractivity contribution in [2.75, 3.05) is 4.90 Å². The van der Waals surface area contributed by atoms with Crippen LogP contribution >= 0.6 is 0 Å². The second-order valence-electron chi connectivity index (χ2n) is 15.3. The zero-order valence-corrected chi connectivity index (χ0v) is 32.9. The molecule has 1 aromatic heterocycles. The van der Waals surface area contributed by atoms with Gasteiger partial charge in [-0.15, -0.1) is 0 Å². The van der Waals surface area contributed by atoms with E-state index in [9.17, 15) is 0 Å². The maximum Gasteiger partial charge on any atom is 0.143 e. The molecule has 0 saturated heterocycles. The summed E-state index contributed by atoms with van der Waals surface area (Å²) in [5.41, 5.74) is 14.6. The highest BCUT2D eigenvalue weighted by Crippen LogP contribution is 2.43. The van der Waals surface area contributed by atoms with Crippen LogP contribution in [0.15, 0.2) is 241 Å². The Morgan fingerprint density at radius 1 is 0.283 bits per heavy atom. The van der Waals surface area contributed by atoms with Gasteiger partial charge in [0.2, 0.25) is 0 Å². The summed E-state index contributed by atoms with van der Waals surface area (Å²) in [5, 5.41) is 6.05. The van der Waals surface area contributed by atoms with E-state index in [1.165, 1.54) is 43.8 Å². The van der Waals surface area contributed by atoms with Crippen molar-refractivity contribution in [3.63, 3.8) is 0 Å². The van der Waals surface area contributed by atoms with Gasteiger partial charge in [0.25, 0.3) is 0 Å². The third kappa shape index (κ3) is 6.51. The van der Waals surface area contributed by atoms with Crippen LogP contribution in [0.3, 0.4) is 0 Å². The summed E-state index contributed by atoms with van der Waals surface area (Å²) in [6.45, 7) is 0. The lowest BCUT2D eigenvalue weighted by atomic mass is 9.95. The minimum Gasteiger partial charge on any atom is -0.455 e. The lowest BCUT2D eigenvalue weighted by Gasteiger charge is -2.26. The van der Waals surface area contributed by atoms with Gasteiger partial charge in [-0.25, -0.2) is 0 Å². The van der Waals surface area contributed by atoms with Crippen LogP contribution in [0, 0.1) is 0 Å². The molecule has 11 aromatic rings. The maximum absolute atomic E-state index is 6.58. The summed E-state index contributed by atoms with van der Waals surface area (Å²) in [5.74, 6) is 0.882. The number of furan rings is 1. The standard InChI is InChI=1S/C58H39NO/c1-2-15-44(16-3-1)57-55-24-8-9-26-56(55)60-58(57)49-22-11-20-46(38-49)42-29-34-51(35-30-42)59(52-36-31-40-13-4-5-17-47(40)39-52)50-32-27-41(28-33-50)45-19-10-21-48(37-45)54-25-12-18-43-14-6-7-23-53(43)54/h1-39H. The minimum atomic E-state index is 0.882. The van der Waals surface area contributed by atoms with Gasteiger partial charge in [0.15, 0.2) is 0 Å². The molecular weight excluding hydrogens is 727 g/mol. The lowest BCUT2D eigenvalue weighted by molar-refractivity contribution is 0.632. The molecule has 1 heterocycles. The average Bonchev–Trinajstić information content (AvgIpc) is 3.72. The summed E-state index contributed by atoms with van der Waals surface area (Å²) < 4.78 is 6.58. The lowest BCUT2D eigenvalue weighted by Crippen LogP contribution is -2.09. The van der Waals surface area contributed by atoms with Gasteiger partial charge < -0.3 is 9.32 Å². The molecule has 0 aliphatic rings. The summed E-state index contributed by atoms with van der Waals surface area (Å²) in [6.07, 6.45) is 0. The van der Waals surface area contributed by atoms with Gasteiger partial charge in [0.05, 0.1) is 0 Å². The van der Waals surface area contributed by atoms with Crippen molar-refractivity contribution in [2.45, 2.75) is 0 Å². The Morgan fingerprint density at radius 2 is 0.800 bits per heavy atom. The molecule has 0 spiro atoms. The zero-order valence-electron chi connectivity index (χ0n) is 32.9. The first-order chi connectivity index (χ1) is 29.7. The van der Waals surface area contributed by atoms with Gasteiger partial charge in [0.1, 0.15) is 11.3 Å². The number of fused-ring (bicyclic) bond motifs is 3. The number of hydrogen-bond acceptors (Lipinski definition) is 2. The number of rotatable bonds is 8. The van der Waals surface area contributed by atoms with Crippen LogP contribution in [0.4, 0.5) is 17.1 Å². The van der Waals surface area contributed by atoms with E-state index in [4.69, 9.17) is 4.42 Å². The van der Waals surface area contributed by atoms with Crippen molar-refractivity contribution < 1.29 is 4.42 Å².